The van der Waals surface area contributed by atoms with Crippen LogP contribution in [0.5, 0.6) is 0 Å². The molecule has 0 amide bonds. The third kappa shape index (κ3) is 2.33. The Morgan fingerprint density at radius 1 is 1.25 bits per heavy atom. The highest BCUT2D eigenvalue weighted by atomic mass is 16.2. The van der Waals surface area contributed by atoms with Crippen LogP contribution in [-0.2, 0) is 6.42 Å². The minimum atomic E-state index is -0.396. The van der Waals surface area contributed by atoms with Crippen molar-refractivity contribution in [3.05, 3.63) is 60.2 Å². The average Bonchev–Trinajstić information content (AvgIpc) is 3.09. The summed E-state index contributed by atoms with van der Waals surface area (Å²) in [5.74, 6) is 1.12. The first kappa shape index (κ1) is 12.2. The number of rotatable bonds is 2. The fourth-order valence-electron chi connectivity index (χ4n) is 1.88. The lowest BCUT2D eigenvalue weighted by atomic mass is 10.1. The molecule has 7 nitrogen and oxygen atoms in total. The first-order chi connectivity index (χ1) is 9.74. The van der Waals surface area contributed by atoms with Crippen LogP contribution in [0.3, 0.4) is 0 Å². The van der Waals surface area contributed by atoms with Crippen LogP contribution in [0.25, 0.3) is 0 Å². The molecule has 3 aromatic rings. The molecule has 0 unspecified atom stereocenters. The van der Waals surface area contributed by atoms with Gasteiger partial charge in [0.2, 0.25) is 0 Å². The number of carbonyl (C=O) groups excluding carboxylic acids is 1. The van der Waals surface area contributed by atoms with Crippen LogP contribution in [0.4, 0.5) is 4.79 Å². The Balaban J connectivity index is 1.86. The van der Waals surface area contributed by atoms with Gasteiger partial charge < -0.3 is 0 Å². The average molecular weight is 268 g/mol. The first-order valence-corrected chi connectivity index (χ1v) is 6.10. The molecule has 2 heterocycles. The van der Waals surface area contributed by atoms with Crippen molar-refractivity contribution >= 4 is 6.03 Å². The summed E-state index contributed by atoms with van der Waals surface area (Å²) >= 11 is 0. The first-order valence-electron chi connectivity index (χ1n) is 6.10. The molecule has 0 atom stereocenters. The van der Waals surface area contributed by atoms with Crippen molar-refractivity contribution < 1.29 is 4.79 Å². The SMILES string of the molecule is Cc1nc(Cc2ccccc2)nn1C(=O)n1cncn1. The largest absolute Gasteiger partial charge is 0.372 e. The number of hydrogen-bond acceptors (Lipinski definition) is 5. The quantitative estimate of drug-likeness (QED) is 0.699. The van der Waals surface area contributed by atoms with Crippen LogP contribution in [0.15, 0.2) is 43.0 Å². The molecule has 0 N–H and O–H groups in total. The summed E-state index contributed by atoms with van der Waals surface area (Å²) in [5.41, 5.74) is 1.10. The number of benzene rings is 1. The van der Waals surface area contributed by atoms with Gasteiger partial charge >= 0.3 is 6.03 Å². The van der Waals surface area contributed by atoms with Crippen molar-refractivity contribution in [1.82, 2.24) is 29.5 Å². The van der Waals surface area contributed by atoms with Crippen LogP contribution in [-0.4, -0.2) is 35.6 Å². The molecule has 0 aliphatic heterocycles. The van der Waals surface area contributed by atoms with Crippen molar-refractivity contribution in [2.24, 2.45) is 0 Å². The van der Waals surface area contributed by atoms with E-state index in [4.69, 9.17) is 0 Å². The van der Waals surface area contributed by atoms with Gasteiger partial charge in [-0.05, 0) is 12.5 Å². The zero-order chi connectivity index (χ0) is 13.9. The molecule has 0 fully saturated rings. The van der Waals surface area contributed by atoms with Crippen LogP contribution in [0, 0.1) is 6.92 Å². The van der Waals surface area contributed by atoms with Gasteiger partial charge in [-0.25, -0.2) is 14.8 Å². The molecule has 100 valence electrons. The van der Waals surface area contributed by atoms with E-state index in [1.807, 2.05) is 30.3 Å². The second-order valence-electron chi connectivity index (χ2n) is 4.27. The lowest BCUT2D eigenvalue weighted by molar-refractivity contribution is 0.237. The molecule has 0 aliphatic carbocycles. The number of aryl methyl sites for hydroxylation is 1. The summed E-state index contributed by atoms with van der Waals surface area (Å²) in [7, 11) is 0. The van der Waals surface area contributed by atoms with Crippen LogP contribution in [0.1, 0.15) is 17.2 Å². The highest BCUT2D eigenvalue weighted by molar-refractivity contribution is 5.77. The second-order valence-corrected chi connectivity index (χ2v) is 4.27. The summed E-state index contributed by atoms with van der Waals surface area (Å²) in [6, 6.07) is 9.46. The predicted molar refractivity (Wildman–Crippen MR) is 70.2 cm³/mol. The van der Waals surface area contributed by atoms with E-state index in [1.165, 1.54) is 17.3 Å². The van der Waals surface area contributed by atoms with Crippen molar-refractivity contribution in [3.8, 4) is 0 Å². The van der Waals surface area contributed by atoms with Gasteiger partial charge in [0.15, 0.2) is 5.82 Å². The van der Waals surface area contributed by atoms with E-state index in [0.717, 1.165) is 10.2 Å². The molecule has 0 radical (unpaired) electrons. The van der Waals surface area contributed by atoms with Crippen LogP contribution >= 0.6 is 0 Å². The van der Waals surface area contributed by atoms with Crippen molar-refractivity contribution in [2.75, 3.05) is 0 Å². The number of aromatic nitrogens is 6. The molecule has 3 rings (SSSR count). The maximum absolute atomic E-state index is 12.1. The lowest BCUT2D eigenvalue weighted by Gasteiger charge is -1.99. The Kier molecular flexibility index (Phi) is 3.08. The van der Waals surface area contributed by atoms with E-state index in [2.05, 4.69) is 20.2 Å². The van der Waals surface area contributed by atoms with Crippen molar-refractivity contribution in [2.45, 2.75) is 13.3 Å². The Morgan fingerprint density at radius 2 is 2.05 bits per heavy atom. The van der Waals surface area contributed by atoms with E-state index in [-0.39, 0.29) is 0 Å². The zero-order valence-corrected chi connectivity index (χ0v) is 10.8. The van der Waals surface area contributed by atoms with Crippen LogP contribution < -0.4 is 0 Å². The van der Waals surface area contributed by atoms with E-state index in [0.29, 0.717) is 18.1 Å². The van der Waals surface area contributed by atoms with E-state index < -0.39 is 6.03 Å². The second kappa shape index (κ2) is 5.04. The molecule has 0 bridgehead atoms. The van der Waals surface area contributed by atoms with Crippen molar-refractivity contribution in [1.29, 1.82) is 0 Å². The highest BCUT2D eigenvalue weighted by Crippen LogP contribution is 2.06. The standard InChI is InChI=1S/C13H12N6O/c1-10-16-12(7-11-5-3-2-4-6-11)17-19(10)13(20)18-9-14-8-15-18/h2-6,8-9H,7H2,1H3. The predicted octanol–water partition coefficient (Wildman–Crippen LogP) is 1.29. The summed E-state index contributed by atoms with van der Waals surface area (Å²) < 4.78 is 2.35. The topological polar surface area (TPSA) is 78.5 Å². The molecule has 0 saturated carbocycles. The monoisotopic (exact) mass is 268 g/mol. The summed E-state index contributed by atoms with van der Waals surface area (Å²) in [4.78, 5) is 20.2. The van der Waals surface area contributed by atoms with E-state index in [1.54, 1.807) is 6.92 Å². The Morgan fingerprint density at radius 3 is 2.75 bits per heavy atom. The molecule has 0 aliphatic rings. The van der Waals surface area contributed by atoms with Gasteiger partial charge in [0.25, 0.3) is 0 Å². The fraction of sp³-hybridized carbons (Fsp3) is 0.154. The van der Waals surface area contributed by atoms with E-state index in [9.17, 15) is 4.79 Å². The highest BCUT2D eigenvalue weighted by Gasteiger charge is 2.15. The maximum Gasteiger partial charge on any atom is 0.372 e. The number of hydrogen-bond donors (Lipinski definition) is 0. The molecule has 1 aromatic carbocycles. The zero-order valence-electron chi connectivity index (χ0n) is 10.8. The van der Waals surface area contributed by atoms with Gasteiger partial charge in [0.1, 0.15) is 18.5 Å². The van der Waals surface area contributed by atoms with E-state index >= 15 is 0 Å². The van der Waals surface area contributed by atoms with Gasteiger partial charge in [0.05, 0.1) is 0 Å². The molecule has 20 heavy (non-hydrogen) atoms. The maximum atomic E-state index is 12.1. The van der Waals surface area contributed by atoms with Gasteiger partial charge in [-0.2, -0.15) is 14.5 Å². The number of carbonyl (C=O) groups is 1. The Labute approximate surface area is 114 Å². The van der Waals surface area contributed by atoms with Gasteiger partial charge in [-0.15, -0.1) is 5.10 Å². The van der Waals surface area contributed by atoms with Gasteiger partial charge in [-0.1, -0.05) is 30.3 Å². The molecular weight excluding hydrogens is 256 g/mol. The third-order valence-electron chi connectivity index (χ3n) is 2.81. The minimum absolute atomic E-state index is 0.396. The smallest absolute Gasteiger partial charge is 0.243 e. The van der Waals surface area contributed by atoms with Gasteiger partial charge in [0, 0.05) is 6.42 Å². The van der Waals surface area contributed by atoms with Gasteiger partial charge in [-0.3, -0.25) is 0 Å². The summed E-state index contributed by atoms with van der Waals surface area (Å²) in [5, 5.41) is 8.02. The minimum Gasteiger partial charge on any atom is -0.243 e. The molecular formula is C13H12N6O. The van der Waals surface area contributed by atoms with Crippen LogP contribution in [0.2, 0.25) is 0 Å². The summed E-state index contributed by atoms with van der Waals surface area (Å²) in [6.45, 7) is 1.73. The molecule has 0 saturated heterocycles. The molecule has 0 spiro atoms. The fourth-order valence-corrected chi connectivity index (χ4v) is 1.88. The number of nitrogens with zero attached hydrogens (tertiary/aromatic N) is 6. The molecule has 2 aromatic heterocycles. The summed E-state index contributed by atoms with van der Waals surface area (Å²) in [6.07, 6.45) is 3.22. The Hall–Kier alpha value is -2.83. The normalized spacial score (nSPS) is 10.7. The lowest BCUT2D eigenvalue weighted by Crippen LogP contribution is -2.22. The third-order valence-corrected chi connectivity index (χ3v) is 2.81. The Bertz CT molecular complexity index is 717. The van der Waals surface area contributed by atoms with Crippen molar-refractivity contribution in [3.63, 3.8) is 0 Å². The molecule has 7 heteroatoms.